The topological polar surface area (TPSA) is 17.8 Å². The molecule has 1 unspecified atom stereocenters. The zero-order chi connectivity index (χ0) is 11.7. The molecule has 16 heavy (non-hydrogen) atoms. The first-order chi connectivity index (χ1) is 7.69. The smallest absolute Gasteiger partial charge is 0.125 e. The molecule has 0 aliphatic heterocycles. The average Bonchev–Trinajstić information content (AvgIpc) is 2.68. The highest BCUT2D eigenvalue weighted by atomic mass is 35.5. The largest absolute Gasteiger partial charge is 0.324 e. The first kappa shape index (κ1) is 11.7. The number of halogens is 2. The van der Waals surface area contributed by atoms with Gasteiger partial charge in [-0.05, 0) is 25.5 Å². The molecule has 0 N–H and O–H groups in total. The minimum Gasteiger partial charge on any atom is -0.324 e. The first-order valence-corrected chi connectivity index (χ1v) is 6.31. The Balaban J connectivity index is 2.73. The highest BCUT2D eigenvalue weighted by Gasteiger charge is 2.15. The molecule has 1 aromatic carbocycles. The van der Waals surface area contributed by atoms with Crippen LogP contribution in [0.25, 0.3) is 11.0 Å². The monoisotopic (exact) mass is 256 g/mol. The SMILES string of the molecule is CCC(C)n1c(CCl)nc2c(Cl)cccc21. The summed E-state index contributed by atoms with van der Waals surface area (Å²) in [5, 5.41) is 0.686. The molecule has 1 atom stereocenters. The lowest BCUT2D eigenvalue weighted by atomic mass is 10.2. The molecule has 0 aliphatic rings. The molecule has 2 nitrogen and oxygen atoms in total. The summed E-state index contributed by atoms with van der Waals surface area (Å²) in [6.07, 6.45) is 1.04. The minimum atomic E-state index is 0.386. The van der Waals surface area contributed by atoms with Crippen LogP contribution in [0.3, 0.4) is 0 Å². The molecule has 86 valence electrons. The van der Waals surface area contributed by atoms with Crippen LogP contribution in [0.1, 0.15) is 32.1 Å². The normalized spacial score (nSPS) is 13.2. The van der Waals surface area contributed by atoms with Crippen molar-refractivity contribution in [3.05, 3.63) is 29.0 Å². The summed E-state index contributed by atoms with van der Waals surface area (Å²) in [5.41, 5.74) is 1.91. The van der Waals surface area contributed by atoms with E-state index < -0.39 is 0 Å². The Hall–Kier alpha value is -0.730. The maximum Gasteiger partial charge on any atom is 0.125 e. The zero-order valence-corrected chi connectivity index (χ0v) is 10.9. The zero-order valence-electron chi connectivity index (χ0n) is 9.37. The maximum atomic E-state index is 6.13. The van der Waals surface area contributed by atoms with E-state index in [9.17, 15) is 0 Å². The Kier molecular flexibility index (Phi) is 3.41. The van der Waals surface area contributed by atoms with Gasteiger partial charge in [-0.25, -0.2) is 4.98 Å². The van der Waals surface area contributed by atoms with Crippen molar-refractivity contribution in [1.29, 1.82) is 0 Å². The number of hydrogen-bond donors (Lipinski definition) is 0. The summed E-state index contributed by atoms with van der Waals surface area (Å²) >= 11 is 12.1. The van der Waals surface area contributed by atoms with Crippen molar-refractivity contribution in [2.75, 3.05) is 0 Å². The lowest BCUT2D eigenvalue weighted by molar-refractivity contribution is 0.530. The van der Waals surface area contributed by atoms with E-state index in [1.165, 1.54) is 0 Å². The van der Waals surface area contributed by atoms with Gasteiger partial charge in [0.1, 0.15) is 11.3 Å². The summed E-state index contributed by atoms with van der Waals surface area (Å²) in [4.78, 5) is 4.50. The van der Waals surface area contributed by atoms with Gasteiger partial charge in [0.25, 0.3) is 0 Å². The summed E-state index contributed by atoms with van der Waals surface area (Å²) in [6, 6.07) is 6.23. The number of aromatic nitrogens is 2. The van der Waals surface area contributed by atoms with Gasteiger partial charge in [0.15, 0.2) is 0 Å². The standard InChI is InChI=1S/C12H14Cl2N2/c1-3-8(2)16-10-6-4-5-9(14)12(10)15-11(16)7-13/h4-6,8H,3,7H2,1-2H3. The van der Waals surface area contributed by atoms with E-state index in [4.69, 9.17) is 23.2 Å². The van der Waals surface area contributed by atoms with Gasteiger partial charge in [-0.15, -0.1) is 11.6 Å². The van der Waals surface area contributed by atoms with Crippen molar-refractivity contribution in [2.45, 2.75) is 32.2 Å². The average molecular weight is 257 g/mol. The van der Waals surface area contributed by atoms with Gasteiger partial charge in [0.2, 0.25) is 0 Å². The van der Waals surface area contributed by atoms with Crippen LogP contribution >= 0.6 is 23.2 Å². The van der Waals surface area contributed by atoms with E-state index in [1.807, 2.05) is 18.2 Å². The van der Waals surface area contributed by atoms with Crippen molar-refractivity contribution >= 4 is 34.2 Å². The lowest BCUT2D eigenvalue weighted by Gasteiger charge is -2.14. The second-order valence-corrected chi connectivity index (χ2v) is 4.57. The van der Waals surface area contributed by atoms with E-state index >= 15 is 0 Å². The summed E-state index contributed by atoms with van der Waals surface area (Å²) in [6.45, 7) is 4.32. The van der Waals surface area contributed by atoms with Gasteiger partial charge in [-0.1, -0.05) is 24.6 Å². The van der Waals surface area contributed by atoms with Crippen molar-refractivity contribution in [3.8, 4) is 0 Å². The number of rotatable bonds is 3. The molecule has 1 aromatic heterocycles. The Morgan fingerprint density at radius 3 is 2.81 bits per heavy atom. The Morgan fingerprint density at radius 2 is 2.19 bits per heavy atom. The van der Waals surface area contributed by atoms with Crippen LogP contribution in [0, 0.1) is 0 Å². The van der Waals surface area contributed by atoms with Crippen LogP contribution in [-0.4, -0.2) is 9.55 Å². The quantitative estimate of drug-likeness (QED) is 0.745. The summed E-state index contributed by atoms with van der Waals surface area (Å²) in [5.74, 6) is 1.30. The van der Waals surface area contributed by atoms with Crippen LogP contribution < -0.4 is 0 Å². The Morgan fingerprint density at radius 1 is 1.44 bits per heavy atom. The highest BCUT2D eigenvalue weighted by Crippen LogP contribution is 2.28. The third-order valence-electron chi connectivity index (χ3n) is 2.90. The molecule has 1 heterocycles. The van der Waals surface area contributed by atoms with Gasteiger partial charge >= 0.3 is 0 Å². The molecule has 0 aliphatic carbocycles. The molecular formula is C12H14Cl2N2. The Labute approximate surface area is 105 Å². The number of hydrogen-bond acceptors (Lipinski definition) is 1. The second-order valence-electron chi connectivity index (χ2n) is 3.90. The summed E-state index contributed by atoms with van der Waals surface area (Å²) < 4.78 is 2.17. The molecule has 0 bridgehead atoms. The number of para-hydroxylation sites is 1. The van der Waals surface area contributed by atoms with Crippen molar-refractivity contribution in [1.82, 2.24) is 9.55 Å². The fourth-order valence-corrected chi connectivity index (χ4v) is 2.30. The van der Waals surface area contributed by atoms with Gasteiger partial charge in [0, 0.05) is 6.04 Å². The van der Waals surface area contributed by atoms with Crippen molar-refractivity contribution < 1.29 is 0 Å². The van der Waals surface area contributed by atoms with E-state index in [-0.39, 0.29) is 0 Å². The van der Waals surface area contributed by atoms with Crippen LogP contribution in [0.5, 0.6) is 0 Å². The van der Waals surface area contributed by atoms with Gasteiger partial charge in [0.05, 0.1) is 16.4 Å². The minimum absolute atomic E-state index is 0.386. The molecule has 0 radical (unpaired) electrons. The number of imidazole rings is 1. The van der Waals surface area contributed by atoms with Crippen LogP contribution in [0.15, 0.2) is 18.2 Å². The molecule has 0 saturated heterocycles. The predicted molar refractivity (Wildman–Crippen MR) is 69.3 cm³/mol. The van der Waals surface area contributed by atoms with Crippen LogP contribution in [0.2, 0.25) is 5.02 Å². The number of alkyl halides is 1. The van der Waals surface area contributed by atoms with Crippen LogP contribution in [0.4, 0.5) is 0 Å². The van der Waals surface area contributed by atoms with Crippen molar-refractivity contribution in [3.63, 3.8) is 0 Å². The van der Waals surface area contributed by atoms with E-state index in [1.54, 1.807) is 0 Å². The lowest BCUT2D eigenvalue weighted by Crippen LogP contribution is -2.07. The third kappa shape index (κ3) is 1.80. The first-order valence-electron chi connectivity index (χ1n) is 5.40. The van der Waals surface area contributed by atoms with Gasteiger partial charge < -0.3 is 4.57 Å². The van der Waals surface area contributed by atoms with Crippen LogP contribution in [-0.2, 0) is 5.88 Å². The van der Waals surface area contributed by atoms with Crippen molar-refractivity contribution in [2.24, 2.45) is 0 Å². The van der Waals surface area contributed by atoms with Gasteiger partial charge in [-0.3, -0.25) is 0 Å². The molecule has 0 spiro atoms. The molecule has 2 rings (SSSR count). The molecule has 0 amide bonds. The number of fused-ring (bicyclic) bond motifs is 1. The summed E-state index contributed by atoms with van der Waals surface area (Å²) in [7, 11) is 0. The third-order valence-corrected chi connectivity index (χ3v) is 3.44. The molecule has 2 aromatic rings. The predicted octanol–water partition coefficient (Wildman–Crippen LogP) is 4.40. The molecule has 0 fully saturated rings. The van der Waals surface area contributed by atoms with Gasteiger partial charge in [-0.2, -0.15) is 0 Å². The molecule has 0 saturated carbocycles. The maximum absolute atomic E-state index is 6.13. The van der Waals surface area contributed by atoms with E-state index in [0.717, 1.165) is 23.3 Å². The number of nitrogens with zero attached hydrogens (tertiary/aromatic N) is 2. The fraction of sp³-hybridized carbons (Fsp3) is 0.417. The van der Waals surface area contributed by atoms with E-state index in [2.05, 4.69) is 23.4 Å². The number of benzene rings is 1. The second kappa shape index (κ2) is 4.64. The molecular weight excluding hydrogens is 243 g/mol. The fourth-order valence-electron chi connectivity index (χ4n) is 1.90. The van der Waals surface area contributed by atoms with E-state index in [0.29, 0.717) is 16.9 Å². The molecule has 4 heteroatoms. The highest BCUT2D eigenvalue weighted by molar-refractivity contribution is 6.35. The Bertz CT molecular complexity index is 505.